The summed E-state index contributed by atoms with van der Waals surface area (Å²) in [6.07, 6.45) is 0. The molecule has 0 spiro atoms. The van der Waals surface area contributed by atoms with Gasteiger partial charge in [0.2, 0.25) is 15.7 Å². The van der Waals surface area contributed by atoms with Gasteiger partial charge < -0.3 is 19.4 Å². The molecule has 3 rings (SSSR count). The molecule has 0 fully saturated rings. The zero-order valence-corrected chi connectivity index (χ0v) is 20.4. The van der Waals surface area contributed by atoms with Crippen LogP contribution in [-0.4, -0.2) is 33.1 Å². The molecule has 0 aliphatic heterocycles. The van der Waals surface area contributed by atoms with Gasteiger partial charge in [-0.25, -0.2) is 12.8 Å². The fraction of sp³-hybridized carbons (Fsp3) is 0.217. The molecule has 180 valence electrons. The highest BCUT2D eigenvalue weighted by Crippen LogP contribution is 2.32. The van der Waals surface area contributed by atoms with E-state index < -0.39 is 38.6 Å². The Labute approximate surface area is 200 Å². The number of carbonyl (C=O) groups is 1. The van der Waals surface area contributed by atoms with Crippen molar-refractivity contribution in [3.05, 3.63) is 74.9 Å². The third-order valence-electron chi connectivity index (χ3n) is 5.09. The average Bonchev–Trinajstić information content (AvgIpc) is 2.77. The van der Waals surface area contributed by atoms with Crippen molar-refractivity contribution in [2.24, 2.45) is 0 Å². The molecular weight excluding hydrogens is 487 g/mol. The lowest BCUT2D eigenvalue weighted by Gasteiger charge is -2.16. The van der Waals surface area contributed by atoms with E-state index in [-0.39, 0.29) is 26.9 Å². The number of aromatic nitrogens is 1. The molecule has 1 aromatic heterocycles. The van der Waals surface area contributed by atoms with Crippen molar-refractivity contribution in [2.75, 3.05) is 19.5 Å². The second kappa shape index (κ2) is 9.86. The normalized spacial score (nSPS) is 11.2. The zero-order valence-electron chi connectivity index (χ0n) is 18.8. The van der Waals surface area contributed by atoms with Crippen molar-refractivity contribution in [3.8, 4) is 11.5 Å². The van der Waals surface area contributed by atoms with Crippen molar-refractivity contribution < 1.29 is 27.1 Å². The average molecular weight is 509 g/mol. The number of sulfone groups is 1. The lowest BCUT2D eigenvalue weighted by atomic mass is 10.2. The minimum atomic E-state index is -4.27. The number of carbonyl (C=O) groups excluding carboxylic acids is 1. The first-order valence-electron chi connectivity index (χ1n) is 9.92. The van der Waals surface area contributed by atoms with E-state index in [9.17, 15) is 22.4 Å². The Morgan fingerprint density at radius 3 is 2.35 bits per heavy atom. The second-order valence-electron chi connectivity index (χ2n) is 7.38. The number of hydrogen-bond donors (Lipinski definition) is 1. The van der Waals surface area contributed by atoms with E-state index in [0.717, 1.165) is 16.7 Å². The van der Waals surface area contributed by atoms with Gasteiger partial charge in [0.1, 0.15) is 17.3 Å². The summed E-state index contributed by atoms with van der Waals surface area (Å²) >= 11 is 5.94. The van der Waals surface area contributed by atoms with Crippen LogP contribution in [-0.2, 0) is 21.2 Å². The van der Waals surface area contributed by atoms with Crippen LogP contribution in [0, 0.1) is 19.7 Å². The van der Waals surface area contributed by atoms with E-state index >= 15 is 0 Å². The van der Waals surface area contributed by atoms with Crippen LogP contribution >= 0.6 is 11.6 Å². The van der Waals surface area contributed by atoms with Gasteiger partial charge in [0.15, 0.2) is 11.5 Å². The van der Waals surface area contributed by atoms with Crippen LogP contribution in [0.25, 0.3) is 0 Å². The minimum Gasteiger partial charge on any atom is -0.493 e. The third-order valence-corrected chi connectivity index (χ3v) is 7.31. The van der Waals surface area contributed by atoms with Gasteiger partial charge in [-0.15, -0.1) is 0 Å². The van der Waals surface area contributed by atoms with Crippen LogP contribution in [0.2, 0.25) is 5.02 Å². The molecule has 0 bridgehead atoms. The number of hydrogen-bond acceptors (Lipinski definition) is 6. The van der Waals surface area contributed by atoms with E-state index in [1.54, 1.807) is 6.92 Å². The third kappa shape index (κ3) is 4.92. The Bertz CT molecular complexity index is 1440. The van der Waals surface area contributed by atoms with Crippen LogP contribution in [0.4, 0.5) is 10.1 Å². The van der Waals surface area contributed by atoms with Gasteiger partial charge in [-0.05, 0) is 55.8 Å². The highest BCUT2D eigenvalue weighted by Gasteiger charge is 2.27. The molecule has 0 aliphatic rings. The number of aryl methyl sites for hydroxylation is 2. The summed E-state index contributed by atoms with van der Waals surface area (Å²) in [6.45, 7) is 2.61. The lowest BCUT2D eigenvalue weighted by molar-refractivity contribution is -0.116. The highest BCUT2D eigenvalue weighted by atomic mass is 35.5. The van der Waals surface area contributed by atoms with Crippen molar-refractivity contribution in [1.82, 2.24) is 4.57 Å². The number of halogens is 2. The quantitative estimate of drug-likeness (QED) is 0.521. The molecule has 0 unspecified atom stereocenters. The summed E-state index contributed by atoms with van der Waals surface area (Å²) in [6, 6.07) is 8.95. The van der Waals surface area contributed by atoms with E-state index in [1.165, 1.54) is 51.5 Å². The van der Waals surface area contributed by atoms with Crippen LogP contribution in [0.1, 0.15) is 11.3 Å². The van der Waals surface area contributed by atoms with Gasteiger partial charge in [-0.1, -0.05) is 11.6 Å². The van der Waals surface area contributed by atoms with Gasteiger partial charge >= 0.3 is 0 Å². The molecule has 34 heavy (non-hydrogen) atoms. The number of benzene rings is 2. The molecule has 0 saturated heterocycles. The number of ether oxygens (including phenoxy) is 2. The molecule has 0 atom stereocenters. The van der Waals surface area contributed by atoms with Crippen LogP contribution < -0.4 is 20.3 Å². The second-order valence-corrected chi connectivity index (χ2v) is 9.68. The smallest absolute Gasteiger partial charge is 0.270 e. The maximum atomic E-state index is 13.4. The molecule has 2 aromatic carbocycles. The summed E-state index contributed by atoms with van der Waals surface area (Å²) in [4.78, 5) is 25.2. The van der Waals surface area contributed by atoms with Crippen molar-refractivity contribution in [1.29, 1.82) is 0 Å². The minimum absolute atomic E-state index is 0.0157. The molecular formula is C23H22ClFN2O6S. The van der Waals surface area contributed by atoms with Gasteiger partial charge in [0, 0.05) is 11.8 Å². The van der Waals surface area contributed by atoms with Crippen molar-refractivity contribution in [3.63, 3.8) is 0 Å². The number of pyridine rings is 1. The van der Waals surface area contributed by atoms with E-state index in [0.29, 0.717) is 11.4 Å². The van der Waals surface area contributed by atoms with E-state index in [1.807, 2.05) is 0 Å². The number of anilines is 1. The summed E-state index contributed by atoms with van der Waals surface area (Å²) in [5.74, 6) is -0.699. The number of amides is 1. The van der Waals surface area contributed by atoms with Gasteiger partial charge in [0.05, 0.1) is 29.8 Å². The molecule has 1 heterocycles. The van der Waals surface area contributed by atoms with Crippen LogP contribution in [0.3, 0.4) is 0 Å². The number of nitrogens with one attached hydrogen (secondary N) is 1. The van der Waals surface area contributed by atoms with Gasteiger partial charge in [0.25, 0.3) is 5.56 Å². The van der Waals surface area contributed by atoms with Crippen molar-refractivity contribution in [2.45, 2.75) is 30.2 Å². The first kappa shape index (κ1) is 25.3. The Balaban J connectivity index is 2.03. The topological polar surface area (TPSA) is 104 Å². The first-order valence-corrected chi connectivity index (χ1v) is 11.8. The SMILES string of the molecule is COc1ccc(S(=O)(=O)c2c(C)cc(C)n(CC(=O)Nc3ccc(F)cc3Cl)c2=O)cc1OC. The fourth-order valence-corrected chi connectivity index (χ4v) is 5.24. The molecule has 3 aromatic rings. The predicted molar refractivity (Wildman–Crippen MR) is 125 cm³/mol. The lowest BCUT2D eigenvalue weighted by Crippen LogP contribution is -2.33. The summed E-state index contributed by atoms with van der Waals surface area (Å²) in [5.41, 5.74) is -0.0821. The Kier molecular flexibility index (Phi) is 7.32. The van der Waals surface area contributed by atoms with E-state index in [2.05, 4.69) is 5.32 Å². The fourth-order valence-electron chi connectivity index (χ4n) is 3.46. The van der Waals surface area contributed by atoms with Crippen molar-refractivity contribution >= 4 is 33.0 Å². The number of methoxy groups -OCH3 is 2. The molecule has 1 N–H and O–H groups in total. The van der Waals surface area contributed by atoms with Crippen LogP contribution in [0.15, 0.2) is 57.1 Å². The largest absolute Gasteiger partial charge is 0.493 e. The number of rotatable bonds is 7. The Morgan fingerprint density at radius 1 is 1.06 bits per heavy atom. The monoisotopic (exact) mass is 508 g/mol. The van der Waals surface area contributed by atoms with Gasteiger partial charge in [-0.2, -0.15) is 0 Å². The Morgan fingerprint density at radius 2 is 1.74 bits per heavy atom. The van der Waals surface area contributed by atoms with Crippen LogP contribution in [0.5, 0.6) is 11.5 Å². The maximum Gasteiger partial charge on any atom is 0.270 e. The molecule has 0 radical (unpaired) electrons. The molecule has 0 saturated carbocycles. The summed E-state index contributed by atoms with van der Waals surface area (Å²) in [5, 5.41) is 2.48. The molecule has 8 nitrogen and oxygen atoms in total. The Hall–Kier alpha value is -3.37. The molecule has 11 heteroatoms. The maximum absolute atomic E-state index is 13.4. The summed E-state index contributed by atoms with van der Waals surface area (Å²) < 4.78 is 51.4. The predicted octanol–water partition coefficient (Wildman–Crippen LogP) is 3.75. The zero-order chi connectivity index (χ0) is 25.2. The highest BCUT2D eigenvalue weighted by molar-refractivity contribution is 7.91. The standard InChI is InChI=1S/C23H22ClFN2O6S/c1-13-9-14(2)27(12-21(28)26-18-7-5-15(25)10-17(18)24)23(29)22(13)34(30,31)16-6-8-19(32-3)20(11-16)33-4/h5-11H,12H2,1-4H3,(H,26,28). The molecule has 0 aliphatic carbocycles. The summed E-state index contributed by atoms with van der Waals surface area (Å²) in [7, 11) is -1.49. The van der Waals surface area contributed by atoms with Gasteiger partial charge in [-0.3, -0.25) is 9.59 Å². The molecule has 1 amide bonds. The number of nitrogens with zero attached hydrogens (tertiary/aromatic N) is 1. The first-order chi connectivity index (χ1) is 16.0. The van der Waals surface area contributed by atoms with E-state index in [4.69, 9.17) is 21.1 Å².